The van der Waals surface area contributed by atoms with Crippen molar-refractivity contribution in [3.8, 4) is 11.1 Å². The first-order valence-corrected chi connectivity index (χ1v) is 18.1. The average molecular weight is 698 g/mol. The zero-order valence-corrected chi connectivity index (χ0v) is 30.1. The van der Waals surface area contributed by atoms with Crippen LogP contribution >= 0.6 is 0 Å². The van der Waals surface area contributed by atoms with Crippen LogP contribution in [0.2, 0.25) is 0 Å². The molecule has 1 aliphatic carbocycles. The maximum absolute atomic E-state index is 13.3. The summed E-state index contributed by atoms with van der Waals surface area (Å²) in [6.07, 6.45) is 5.64. The minimum absolute atomic E-state index is 0.0929. The van der Waals surface area contributed by atoms with Crippen molar-refractivity contribution in [3.63, 3.8) is 0 Å². The highest BCUT2D eigenvalue weighted by Gasteiger charge is 2.52. The van der Waals surface area contributed by atoms with Crippen molar-refractivity contribution in [2.45, 2.75) is 90.6 Å². The van der Waals surface area contributed by atoms with E-state index in [4.69, 9.17) is 11.1 Å². The fourth-order valence-corrected chi connectivity index (χ4v) is 7.70. The number of hydrogen-bond donors (Lipinski definition) is 1. The maximum atomic E-state index is 13.3. The van der Waals surface area contributed by atoms with Gasteiger partial charge in [0, 0.05) is 48.3 Å². The lowest BCUT2D eigenvalue weighted by molar-refractivity contribution is -0.136. The van der Waals surface area contributed by atoms with Crippen molar-refractivity contribution in [2.24, 2.45) is 5.92 Å². The van der Waals surface area contributed by atoms with E-state index in [-0.39, 0.29) is 18.4 Å². The Bertz CT molecular complexity index is 2100. The topological polar surface area (TPSA) is 117 Å². The molecule has 10 nitrogen and oxygen atoms in total. The second-order valence-electron chi connectivity index (χ2n) is 14.7. The number of carbonyl (C=O) groups excluding carboxylic acids is 4. The Hall–Kier alpha value is -5.56. The van der Waals surface area contributed by atoms with E-state index in [2.05, 4.69) is 76.5 Å². The Morgan fingerprint density at radius 3 is 2.40 bits per heavy atom. The van der Waals surface area contributed by atoms with Crippen LogP contribution in [0.5, 0.6) is 0 Å². The van der Waals surface area contributed by atoms with E-state index in [9.17, 15) is 19.2 Å². The molecular formula is C42H43N5O5. The van der Waals surface area contributed by atoms with E-state index >= 15 is 0 Å². The number of nitrogens with zero attached hydrogens (tertiary/aromatic N) is 4. The molecule has 7 rings (SSSR count). The zero-order valence-electron chi connectivity index (χ0n) is 30.1. The first-order valence-electron chi connectivity index (χ1n) is 18.1. The summed E-state index contributed by atoms with van der Waals surface area (Å²) in [4.78, 5) is 57.8. The number of piperidine rings is 1. The Morgan fingerprint density at radius 1 is 0.981 bits per heavy atom. The lowest BCUT2D eigenvalue weighted by atomic mass is 9.96. The highest BCUT2D eigenvalue weighted by molar-refractivity contribution is 6.23. The Balaban J connectivity index is 1.03. The third-order valence-corrected chi connectivity index (χ3v) is 11.0. The summed E-state index contributed by atoms with van der Waals surface area (Å²) in [5.41, 5.74) is 8.61. The molecular weight excluding hydrogens is 654 g/mol. The lowest BCUT2D eigenvalue weighted by Gasteiger charge is -2.29. The Kier molecular flexibility index (Phi) is 9.30. The third kappa shape index (κ3) is 6.52. The van der Waals surface area contributed by atoms with E-state index in [1.165, 1.54) is 0 Å². The van der Waals surface area contributed by atoms with Gasteiger partial charge in [-0.1, -0.05) is 36.7 Å². The van der Waals surface area contributed by atoms with Crippen LogP contribution in [0, 0.1) is 33.3 Å². The molecule has 0 bridgehead atoms. The van der Waals surface area contributed by atoms with Crippen molar-refractivity contribution >= 4 is 35.0 Å². The smallest absolute Gasteiger partial charge is 0.262 e. The molecule has 0 spiro atoms. The number of aryl methyl sites for hydroxylation is 4. The van der Waals surface area contributed by atoms with E-state index in [1.807, 2.05) is 19.9 Å². The SMILES string of the molecule is [C-]#[N+]C1(c2ccc(N(CCC(C)CCCc3ccc4c(c3)C(=O)N(C3CCC(=O)NC3=O)C4=O)c3cc(-c4c(C)noc4C)ccc3C)cc2)CC1. The number of amides is 4. The average Bonchev–Trinajstić information content (AvgIpc) is 3.81. The van der Waals surface area contributed by atoms with Gasteiger partial charge in [-0.2, -0.15) is 0 Å². The van der Waals surface area contributed by atoms with Gasteiger partial charge in [-0.3, -0.25) is 29.4 Å². The Labute approximate surface area is 304 Å². The lowest BCUT2D eigenvalue weighted by Crippen LogP contribution is -2.54. The van der Waals surface area contributed by atoms with Crippen molar-refractivity contribution in [2.75, 3.05) is 11.4 Å². The number of benzene rings is 3. The molecule has 10 heteroatoms. The molecule has 1 aromatic heterocycles. The van der Waals surface area contributed by atoms with Gasteiger partial charge in [-0.25, -0.2) is 6.57 Å². The minimum atomic E-state index is -0.970. The van der Waals surface area contributed by atoms with E-state index in [1.54, 1.807) is 12.1 Å². The molecule has 1 N–H and O–H groups in total. The molecule has 52 heavy (non-hydrogen) atoms. The predicted molar refractivity (Wildman–Crippen MR) is 197 cm³/mol. The highest BCUT2D eigenvalue weighted by Crippen LogP contribution is 2.50. The summed E-state index contributed by atoms with van der Waals surface area (Å²) in [6.45, 7) is 16.8. The molecule has 1 saturated heterocycles. The van der Waals surface area contributed by atoms with Crippen LogP contribution in [-0.4, -0.2) is 46.3 Å². The highest BCUT2D eigenvalue weighted by atomic mass is 16.5. The summed E-state index contributed by atoms with van der Waals surface area (Å²) in [5, 5.41) is 6.43. The van der Waals surface area contributed by atoms with Gasteiger partial charge in [0.15, 0.2) is 0 Å². The number of carbonyl (C=O) groups is 4. The van der Waals surface area contributed by atoms with Crippen LogP contribution in [0.1, 0.15) is 101 Å². The fraction of sp³-hybridized carbons (Fsp3) is 0.381. The summed E-state index contributed by atoms with van der Waals surface area (Å²) in [6, 6.07) is 19.4. The van der Waals surface area contributed by atoms with Crippen molar-refractivity contribution in [1.29, 1.82) is 0 Å². The molecule has 4 aromatic rings. The zero-order chi connectivity index (χ0) is 36.7. The van der Waals surface area contributed by atoms with Gasteiger partial charge < -0.3 is 14.3 Å². The van der Waals surface area contributed by atoms with Gasteiger partial charge in [-0.05, 0) is 112 Å². The number of anilines is 2. The quantitative estimate of drug-likeness (QED) is 0.119. The van der Waals surface area contributed by atoms with Gasteiger partial charge in [0.2, 0.25) is 11.8 Å². The van der Waals surface area contributed by atoms with Crippen LogP contribution in [0.4, 0.5) is 11.4 Å². The summed E-state index contributed by atoms with van der Waals surface area (Å²) in [7, 11) is 0. The van der Waals surface area contributed by atoms with Crippen molar-refractivity contribution < 1.29 is 23.7 Å². The first kappa shape index (κ1) is 34.9. The summed E-state index contributed by atoms with van der Waals surface area (Å²) < 4.78 is 5.50. The molecule has 0 radical (unpaired) electrons. The molecule has 3 heterocycles. The largest absolute Gasteiger partial charge is 0.361 e. The van der Waals surface area contributed by atoms with Gasteiger partial charge in [0.1, 0.15) is 11.8 Å². The van der Waals surface area contributed by atoms with Crippen LogP contribution in [-0.2, 0) is 21.5 Å². The normalized spacial score (nSPS) is 18.2. The molecule has 3 aromatic carbocycles. The van der Waals surface area contributed by atoms with Gasteiger partial charge >= 0.3 is 0 Å². The van der Waals surface area contributed by atoms with Gasteiger partial charge in [-0.15, -0.1) is 0 Å². The minimum Gasteiger partial charge on any atom is -0.361 e. The molecule has 3 aliphatic rings. The Morgan fingerprint density at radius 2 is 1.73 bits per heavy atom. The molecule has 266 valence electrons. The molecule has 2 aliphatic heterocycles. The van der Waals surface area contributed by atoms with Crippen LogP contribution in [0.3, 0.4) is 0 Å². The standard InChI is InChI=1S/C42H43N5O5/c1-25(7-6-8-29-10-16-33-34(23-29)41(51)47(40(33)50)35-17-18-37(48)44-39(35)49)19-22-46(32-14-12-31(13-15-32)42(43-5)20-21-42)36-24-30(11-9-26(36)2)38-27(3)45-52-28(38)4/h9-16,23-25,35H,6-8,17-22H2,1-4H3,(H,44,48,49). The number of fused-ring (bicyclic) bond motifs is 1. The second-order valence-corrected chi connectivity index (χ2v) is 14.7. The monoisotopic (exact) mass is 697 g/mol. The third-order valence-electron chi connectivity index (χ3n) is 11.0. The van der Waals surface area contributed by atoms with E-state index in [0.29, 0.717) is 17.0 Å². The van der Waals surface area contributed by atoms with Gasteiger partial charge in [0.25, 0.3) is 17.4 Å². The van der Waals surface area contributed by atoms with E-state index in [0.717, 1.165) is 101 Å². The van der Waals surface area contributed by atoms with E-state index < -0.39 is 29.7 Å². The number of nitrogens with one attached hydrogen (secondary N) is 1. The number of rotatable bonds is 12. The van der Waals surface area contributed by atoms with Crippen LogP contribution in [0.15, 0.2) is 65.2 Å². The molecule has 2 fully saturated rings. The number of aromatic nitrogens is 1. The predicted octanol–water partition coefficient (Wildman–Crippen LogP) is 7.76. The second kappa shape index (κ2) is 13.9. The van der Waals surface area contributed by atoms with Gasteiger partial charge in [0.05, 0.1) is 16.8 Å². The molecule has 2 atom stereocenters. The number of imide groups is 2. The van der Waals surface area contributed by atoms with Crippen molar-refractivity contribution in [3.05, 3.63) is 111 Å². The number of hydrogen-bond acceptors (Lipinski definition) is 7. The molecule has 1 saturated carbocycles. The summed E-state index contributed by atoms with van der Waals surface area (Å²) in [5.74, 6) is -0.766. The fourth-order valence-electron chi connectivity index (χ4n) is 7.70. The summed E-state index contributed by atoms with van der Waals surface area (Å²) >= 11 is 0. The van der Waals surface area contributed by atoms with Crippen LogP contribution < -0.4 is 10.2 Å². The first-order chi connectivity index (χ1) is 25.0. The van der Waals surface area contributed by atoms with Crippen LogP contribution in [0.25, 0.3) is 16.0 Å². The molecule has 4 amide bonds. The molecule has 2 unspecified atom stereocenters. The van der Waals surface area contributed by atoms with Crippen molar-refractivity contribution in [1.82, 2.24) is 15.4 Å². The maximum Gasteiger partial charge on any atom is 0.262 e.